The number of allylic oxidation sites excluding steroid dienone is 4. The van der Waals surface area contributed by atoms with Crippen LogP contribution in [-0.4, -0.2) is 13.6 Å². The van der Waals surface area contributed by atoms with Crippen molar-refractivity contribution in [2.45, 2.75) is 29.1 Å². The molecule has 0 N–H and O–H groups in total. The molecule has 6 aliphatic rings. The lowest BCUT2D eigenvalue weighted by Crippen LogP contribution is -2.54. The molecule has 1 fully saturated rings. The molecule has 27 heavy (non-hydrogen) atoms. The fourth-order valence-corrected chi connectivity index (χ4v) is 6.93. The molecule has 1 saturated carbocycles. The molecule has 0 saturated heterocycles. The Hall–Kier alpha value is -2.88. The zero-order valence-electron chi connectivity index (χ0n) is 14.5. The van der Waals surface area contributed by atoms with Gasteiger partial charge in [-0.2, -0.15) is 0 Å². The highest BCUT2D eigenvalue weighted by Crippen LogP contribution is 2.80. The van der Waals surface area contributed by atoms with Crippen LogP contribution in [-0.2, 0) is 10.8 Å². The van der Waals surface area contributed by atoms with E-state index in [0.717, 1.165) is 29.4 Å². The Bertz CT molecular complexity index is 1130. The summed E-state index contributed by atoms with van der Waals surface area (Å²) in [5.74, 6) is 4.53. The monoisotopic (exact) mass is 356 g/mol. The van der Waals surface area contributed by atoms with Crippen molar-refractivity contribution in [3.63, 3.8) is 0 Å². The van der Waals surface area contributed by atoms with Crippen molar-refractivity contribution in [2.75, 3.05) is 13.6 Å². The van der Waals surface area contributed by atoms with E-state index >= 15 is 0 Å². The first-order chi connectivity index (χ1) is 13.3. The van der Waals surface area contributed by atoms with Gasteiger partial charge in [0.25, 0.3) is 0 Å². The molecule has 2 aliphatic heterocycles. The molecule has 2 aromatic carbocycles. The topological polar surface area (TPSA) is 36.9 Å². The predicted octanol–water partition coefficient (Wildman–Crippen LogP) is 4.04. The molecule has 0 amide bonds. The molecule has 4 heteroatoms. The van der Waals surface area contributed by atoms with Gasteiger partial charge in [-0.1, -0.05) is 24.3 Å². The van der Waals surface area contributed by atoms with E-state index in [-0.39, 0.29) is 10.8 Å². The number of fused-ring (bicyclic) bond motifs is 8. The van der Waals surface area contributed by atoms with Gasteiger partial charge in [-0.05, 0) is 58.9 Å². The first-order valence-electron chi connectivity index (χ1n) is 9.57. The minimum absolute atomic E-state index is 0.00586. The van der Waals surface area contributed by atoms with Gasteiger partial charge in [0.1, 0.15) is 0 Å². The van der Waals surface area contributed by atoms with Crippen LogP contribution in [0.15, 0.2) is 48.6 Å². The SMILES string of the molecule is C1=CC23CC(c4cc5c(cc42)OCO5)[C@H]2c4cc5c(cc4[C@]23C=C1)OCO5. The molecule has 4 aliphatic carbocycles. The maximum absolute atomic E-state index is 5.71. The van der Waals surface area contributed by atoms with E-state index in [2.05, 4.69) is 48.6 Å². The van der Waals surface area contributed by atoms with Gasteiger partial charge < -0.3 is 18.9 Å². The van der Waals surface area contributed by atoms with Gasteiger partial charge in [0.2, 0.25) is 13.6 Å². The van der Waals surface area contributed by atoms with Crippen LogP contribution < -0.4 is 18.9 Å². The first-order valence-corrected chi connectivity index (χ1v) is 9.57. The number of ether oxygens (including phenoxy) is 4. The van der Waals surface area contributed by atoms with E-state index in [1.54, 1.807) is 0 Å². The Balaban J connectivity index is 1.44. The third-order valence-corrected chi connectivity index (χ3v) is 7.77. The molecule has 0 radical (unpaired) electrons. The van der Waals surface area contributed by atoms with Gasteiger partial charge in [-0.25, -0.2) is 0 Å². The van der Waals surface area contributed by atoms with Crippen molar-refractivity contribution in [3.05, 3.63) is 70.8 Å². The molecule has 2 aromatic rings. The highest BCUT2D eigenvalue weighted by molar-refractivity contribution is 5.75. The van der Waals surface area contributed by atoms with Crippen molar-refractivity contribution in [1.82, 2.24) is 0 Å². The summed E-state index contributed by atoms with van der Waals surface area (Å²) in [6.45, 7) is 0.643. The number of rotatable bonds is 0. The van der Waals surface area contributed by atoms with Gasteiger partial charge in [-0.15, -0.1) is 0 Å². The summed E-state index contributed by atoms with van der Waals surface area (Å²) < 4.78 is 22.8. The second-order valence-corrected chi connectivity index (χ2v) is 8.43. The van der Waals surface area contributed by atoms with Crippen LogP contribution in [0.5, 0.6) is 23.0 Å². The smallest absolute Gasteiger partial charge is 0.231 e. The van der Waals surface area contributed by atoms with E-state index in [9.17, 15) is 0 Å². The van der Waals surface area contributed by atoms with Gasteiger partial charge >= 0.3 is 0 Å². The van der Waals surface area contributed by atoms with Gasteiger partial charge in [0.05, 0.1) is 0 Å². The van der Waals surface area contributed by atoms with Crippen LogP contribution in [0.3, 0.4) is 0 Å². The Labute approximate surface area is 156 Å². The average Bonchev–Trinajstić information content (AvgIpc) is 3.43. The lowest BCUT2D eigenvalue weighted by molar-refractivity contribution is 0.173. The van der Waals surface area contributed by atoms with E-state index < -0.39 is 0 Å². The second-order valence-electron chi connectivity index (χ2n) is 8.43. The Morgan fingerprint density at radius 1 is 0.704 bits per heavy atom. The quantitative estimate of drug-likeness (QED) is 0.714. The maximum atomic E-state index is 5.71. The Morgan fingerprint density at radius 3 is 2.11 bits per heavy atom. The number of hydrogen-bond acceptors (Lipinski definition) is 4. The molecule has 8 rings (SSSR count). The van der Waals surface area contributed by atoms with Gasteiger partial charge in [0.15, 0.2) is 23.0 Å². The van der Waals surface area contributed by atoms with Crippen LogP contribution in [0.1, 0.15) is 40.5 Å². The second kappa shape index (κ2) is 3.86. The summed E-state index contributed by atoms with van der Waals surface area (Å²) in [6, 6.07) is 8.93. The fourth-order valence-electron chi connectivity index (χ4n) is 6.93. The molecule has 0 aromatic heterocycles. The minimum atomic E-state index is -0.00586. The molecule has 2 bridgehead atoms. The maximum Gasteiger partial charge on any atom is 0.231 e. The van der Waals surface area contributed by atoms with Gasteiger partial charge in [0, 0.05) is 16.7 Å². The van der Waals surface area contributed by atoms with Gasteiger partial charge in [-0.3, -0.25) is 0 Å². The normalized spacial score (nSPS) is 36.1. The zero-order valence-corrected chi connectivity index (χ0v) is 14.5. The van der Waals surface area contributed by atoms with Crippen LogP contribution >= 0.6 is 0 Å². The molecule has 2 unspecified atom stereocenters. The summed E-state index contributed by atoms with van der Waals surface area (Å²) in [6.07, 6.45) is 10.4. The molecular formula is C23H16O4. The fraction of sp³-hybridized carbons (Fsp3) is 0.304. The molecule has 4 nitrogen and oxygen atoms in total. The summed E-state index contributed by atoms with van der Waals surface area (Å²) in [5.41, 5.74) is 5.69. The van der Waals surface area contributed by atoms with Crippen molar-refractivity contribution in [1.29, 1.82) is 0 Å². The standard InChI is InChI=1S/C23H16O4/c1-2-4-23-16-8-20-18(25-11-27-20)6-13(16)21(23)14-9-22(23,3-1)15-7-19-17(5-12(14)15)24-10-26-19/h1-8,14,21H,9-11H2/t14?,21-,22?,23-/m1/s1. The predicted molar refractivity (Wildman–Crippen MR) is 96.9 cm³/mol. The van der Waals surface area contributed by atoms with E-state index in [4.69, 9.17) is 18.9 Å². The molecule has 2 heterocycles. The number of hydrogen-bond donors (Lipinski definition) is 0. The molecule has 132 valence electrons. The molecule has 4 atom stereocenters. The highest BCUT2D eigenvalue weighted by atomic mass is 16.7. The highest BCUT2D eigenvalue weighted by Gasteiger charge is 2.74. The van der Waals surface area contributed by atoms with Crippen molar-refractivity contribution in [3.8, 4) is 23.0 Å². The van der Waals surface area contributed by atoms with E-state index in [1.165, 1.54) is 22.3 Å². The molecule has 2 spiro atoms. The lowest BCUT2D eigenvalue weighted by atomic mass is 9.44. The van der Waals surface area contributed by atoms with Crippen molar-refractivity contribution in [2.24, 2.45) is 0 Å². The number of benzene rings is 2. The van der Waals surface area contributed by atoms with Crippen LogP contribution in [0, 0.1) is 0 Å². The van der Waals surface area contributed by atoms with Crippen LogP contribution in [0.4, 0.5) is 0 Å². The summed E-state index contributed by atoms with van der Waals surface area (Å²) >= 11 is 0. The largest absolute Gasteiger partial charge is 0.454 e. The minimum Gasteiger partial charge on any atom is -0.454 e. The average molecular weight is 356 g/mol. The first kappa shape index (κ1) is 13.3. The summed E-state index contributed by atoms with van der Waals surface area (Å²) in [7, 11) is 0. The van der Waals surface area contributed by atoms with E-state index in [0.29, 0.717) is 25.4 Å². The third kappa shape index (κ3) is 1.16. The van der Waals surface area contributed by atoms with Crippen LogP contribution in [0.2, 0.25) is 0 Å². The van der Waals surface area contributed by atoms with E-state index in [1.807, 2.05) is 0 Å². The zero-order chi connectivity index (χ0) is 17.4. The lowest BCUT2D eigenvalue weighted by Gasteiger charge is -2.58. The third-order valence-electron chi connectivity index (χ3n) is 7.77. The Kier molecular flexibility index (Phi) is 1.90. The summed E-state index contributed by atoms with van der Waals surface area (Å²) in [5, 5.41) is 0. The summed E-state index contributed by atoms with van der Waals surface area (Å²) in [4.78, 5) is 0. The van der Waals surface area contributed by atoms with Crippen molar-refractivity contribution >= 4 is 0 Å². The van der Waals surface area contributed by atoms with Crippen molar-refractivity contribution < 1.29 is 18.9 Å². The van der Waals surface area contributed by atoms with Crippen LogP contribution in [0.25, 0.3) is 0 Å². The Morgan fingerprint density at radius 2 is 1.33 bits per heavy atom. The molecular weight excluding hydrogens is 340 g/mol.